The van der Waals surface area contributed by atoms with E-state index in [4.69, 9.17) is 11.6 Å². The Kier molecular flexibility index (Phi) is 4.77. The Morgan fingerprint density at radius 1 is 0.893 bits per heavy atom. The molecule has 0 saturated heterocycles. The van der Waals surface area contributed by atoms with Gasteiger partial charge in [-0.1, -0.05) is 17.7 Å². The van der Waals surface area contributed by atoms with Crippen LogP contribution in [0.1, 0.15) is 16.7 Å². The smallest absolute Gasteiger partial charge is 0.247 e. The molecular formula is C18H8ClF8N. The molecule has 1 heterocycles. The predicted octanol–water partition coefficient (Wildman–Crippen LogP) is 7.18. The van der Waals surface area contributed by atoms with Crippen LogP contribution in [-0.4, -0.2) is 4.98 Å². The minimum atomic E-state index is -5.14. The molecule has 28 heavy (non-hydrogen) atoms. The van der Waals surface area contributed by atoms with Crippen LogP contribution < -0.4 is 0 Å². The molecule has 0 atom stereocenters. The molecule has 1 nitrogen and oxygen atoms in total. The van der Waals surface area contributed by atoms with Crippen molar-refractivity contribution in [3.8, 4) is 11.3 Å². The highest BCUT2D eigenvalue weighted by Gasteiger charge is 2.39. The summed E-state index contributed by atoms with van der Waals surface area (Å²) in [5.41, 5.74) is -4.66. The first-order chi connectivity index (χ1) is 12.8. The summed E-state index contributed by atoms with van der Waals surface area (Å²) >= 11 is 6.05. The van der Waals surface area contributed by atoms with Gasteiger partial charge in [-0.15, -0.1) is 0 Å². The summed E-state index contributed by atoms with van der Waals surface area (Å²) in [6, 6.07) is 2.34. The lowest BCUT2D eigenvalue weighted by molar-refractivity contribution is -0.142. The van der Waals surface area contributed by atoms with Gasteiger partial charge in [0.05, 0.1) is 32.7 Å². The Bertz CT molecular complexity index is 1090. The standard InChI is InChI=1S/C18H8ClF8N/c1-7-15(19)14-12(21)5-9(20)6-13(14)28-16(7)10-3-2-8(17(22,23)24)4-11(10)18(25,26)27/h2-6H,1H3. The van der Waals surface area contributed by atoms with E-state index in [1.54, 1.807) is 0 Å². The predicted molar refractivity (Wildman–Crippen MR) is 86.8 cm³/mol. The summed E-state index contributed by atoms with van der Waals surface area (Å²) in [6.07, 6.45) is -10.1. The van der Waals surface area contributed by atoms with Crippen LogP contribution in [0.25, 0.3) is 22.2 Å². The van der Waals surface area contributed by atoms with Gasteiger partial charge in [-0.05, 0) is 24.6 Å². The third kappa shape index (κ3) is 3.50. The second kappa shape index (κ2) is 6.58. The van der Waals surface area contributed by atoms with Crippen molar-refractivity contribution in [2.24, 2.45) is 0 Å². The molecule has 0 amide bonds. The molecule has 0 spiro atoms. The van der Waals surface area contributed by atoms with Crippen LogP contribution in [0.2, 0.25) is 5.02 Å². The monoisotopic (exact) mass is 425 g/mol. The molecule has 0 radical (unpaired) electrons. The number of rotatable bonds is 1. The van der Waals surface area contributed by atoms with Gasteiger partial charge in [0.25, 0.3) is 0 Å². The largest absolute Gasteiger partial charge is 0.417 e. The van der Waals surface area contributed by atoms with Gasteiger partial charge >= 0.3 is 12.4 Å². The summed E-state index contributed by atoms with van der Waals surface area (Å²) in [5.74, 6) is -2.10. The van der Waals surface area contributed by atoms with Crippen molar-refractivity contribution in [2.45, 2.75) is 19.3 Å². The number of alkyl halides is 6. The Hall–Kier alpha value is -2.42. The number of halogens is 9. The lowest BCUT2D eigenvalue weighted by Crippen LogP contribution is -2.12. The minimum absolute atomic E-state index is 0.0410. The second-order valence-corrected chi connectivity index (χ2v) is 6.31. The van der Waals surface area contributed by atoms with E-state index in [0.717, 1.165) is 6.07 Å². The fourth-order valence-corrected chi connectivity index (χ4v) is 3.06. The lowest BCUT2D eigenvalue weighted by Gasteiger charge is -2.18. The van der Waals surface area contributed by atoms with E-state index in [2.05, 4.69) is 4.98 Å². The number of aromatic nitrogens is 1. The third-order valence-corrected chi connectivity index (χ3v) is 4.55. The van der Waals surface area contributed by atoms with E-state index in [1.807, 2.05) is 0 Å². The molecule has 0 N–H and O–H groups in total. The van der Waals surface area contributed by atoms with E-state index in [0.29, 0.717) is 18.2 Å². The summed E-state index contributed by atoms with van der Waals surface area (Å²) in [4.78, 5) is 3.85. The fourth-order valence-electron chi connectivity index (χ4n) is 2.79. The lowest BCUT2D eigenvalue weighted by atomic mass is 9.96. The summed E-state index contributed by atoms with van der Waals surface area (Å²) in [7, 11) is 0. The average Bonchev–Trinajstić information content (AvgIpc) is 2.55. The SMILES string of the molecule is Cc1c(-c2ccc(C(F)(F)F)cc2C(F)(F)F)nc2cc(F)cc(F)c2c1Cl. The van der Waals surface area contributed by atoms with Crippen molar-refractivity contribution in [1.82, 2.24) is 4.98 Å². The van der Waals surface area contributed by atoms with Crippen LogP contribution in [0.3, 0.4) is 0 Å². The molecule has 0 saturated carbocycles. The molecule has 148 valence electrons. The van der Waals surface area contributed by atoms with Gasteiger partial charge in [0.2, 0.25) is 0 Å². The van der Waals surface area contributed by atoms with Crippen molar-refractivity contribution in [3.63, 3.8) is 0 Å². The van der Waals surface area contributed by atoms with Gasteiger partial charge in [0.15, 0.2) is 0 Å². The van der Waals surface area contributed by atoms with E-state index in [9.17, 15) is 35.1 Å². The molecule has 0 aliphatic rings. The highest BCUT2D eigenvalue weighted by atomic mass is 35.5. The molecule has 0 aliphatic heterocycles. The quantitative estimate of drug-likeness (QED) is 0.376. The Labute approximate surface area is 157 Å². The summed E-state index contributed by atoms with van der Waals surface area (Å²) in [5, 5.41) is -0.615. The first-order valence-corrected chi connectivity index (χ1v) is 7.92. The molecule has 3 aromatic rings. The number of hydrogen-bond donors (Lipinski definition) is 0. The molecule has 3 rings (SSSR count). The molecule has 0 fully saturated rings. The normalized spacial score (nSPS) is 12.6. The zero-order valence-corrected chi connectivity index (χ0v) is 14.5. The molecular weight excluding hydrogens is 418 g/mol. The molecule has 0 bridgehead atoms. The highest BCUT2D eigenvalue weighted by Crippen LogP contribution is 2.43. The third-order valence-electron chi connectivity index (χ3n) is 4.08. The Balaban J connectivity index is 2.38. The van der Waals surface area contributed by atoms with Crippen LogP contribution in [0.4, 0.5) is 35.1 Å². The fraction of sp³-hybridized carbons (Fsp3) is 0.167. The Morgan fingerprint density at radius 2 is 1.54 bits per heavy atom. The van der Waals surface area contributed by atoms with Gasteiger partial charge in [0.1, 0.15) is 11.6 Å². The topological polar surface area (TPSA) is 12.9 Å². The van der Waals surface area contributed by atoms with Crippen LogP contribution >= 0.6 is 11.6 Å². The maximum absolute atomic E-state index is 14.0. The number of nitrogens with zero attached hydrogens (tertiary/aromatic N) is 1. The average molecular weight is 426 g/mol. The zero-order chi connectivity index (χ0) is 21.0. The number of benzene rings is 2. The van der Waals surface area contributed by atoms with Crippen molar-refractivity contribution in [2.75, 3.05) is 0 Å². The van der Waals surface area contributed by atoms with E-state index < -0.39 is 46.4 Å². The van der Waals surface area contributed by atoms with Crippen LogP contribution in [0.15, 0.2) is 30.3 Å². The van der Waals surface area contributed by atoms with Crippen molar-refractivity contribution >= 4 is 22.5 Å². The summed E-state index contributed by atoms with van der Waals surface area (Å²) in [6.45, 7) is 1.24. The summed E-state index contributed by atoms with van der Waals surface area (Å²) < 4.78 is 106. The number of hydrogen-bond acceptors (Lipinski definition) is 1. The van der Waals surface area contributed by atoms with Crippen molar-refractivity contribution in [1.29, 1.82) is 0 Å². The maximum Gasteiger partial charge on any atom is 0.417 e. The van der Waals surface area contributed by atoms with Crippen LogP contribution in [-0.2, 0) is 12.4 Å². The van der Waals surface area contributed by atoms with E-state index in [-0.39, 0.29) is 27.6 Å². The van der Waals surface area contributed by atoms with Gasteiger partial charge in [-0.25, -0.2) is 13.8 Å². The zero-order valence-electron chi connectivity index (χ0n) is 13.7. The van der Waals surface area contributed by atoms with Gasteiger partial charge < -0.3 is 0 Å². The second-order valence-electron chi connectivity index (χ2n) is 5.94. The molecule has 0 unspecified atom stereocenters. The number of fused-ring (bicyclic) bond motifs is 1. The van der Waals surface area contributed by atoms with Gasteiger partial charge in [0, 0.05) is 17.7 Å². The molecule has 1 aromatic heterocycles. The van der Waals surface area contributed by atoms with Crippen molar-refractivity contribution in [3.05, 3.63) is 63.7 Å². The van der Waals surface area contributed by atoms with Gasteiger partial charge in [-0.2, -0.15) is 26.3 Å². The number of pyridine rings is 1. The highest BCUT2D eigenvalue weighted by molar-refractivity contribution is 6.36. The molecule has 2 aromatic carbocycles. The first-order valence-electron chi connectivity index (χ1n) is 7.54. The molecule has 10 heteroatoms. The van der Waals surface area contributed by atoms with E-state index >= 15 is 0 Å². The minimum Gasteiger partial charge on any atom is -0.247 e. The van der Waals surface area contributed by atoms with E-state index in [1.165, 1.54) is 6.92 Å². The Morgan fingerprint density at radius 3 is 2.11 bits per heavy atom. The maximum atomic E-state index is 14.0. The van der Waals surface area contributed by atoms with Crippen LogP contribution in [0.5, 0.6) is 0 Å². The van der Waals surface area contributed by atoms with Crippen molar-refractivity contribution < 1.29 is 35.1 Å². The molecule has 0 aliphatic carbocycles. The van der Waals surface area contributed by atoms with Crippen LogP contribution in [0, 0.1) is 18.6 Å². The first kappa shape index (κ1) is 20.3. The van der Waals surface area contributed by atoms with Gasteiger partial charge in [-0.3, -0.25) is 0 Å².